The minimum absolute atomic E-state index is 0.0390. The smallest absolute Gasteiger partial charge is 0.270 e. The lowest BCUT2D eigenvalue weighted by Crippen LogP contribution is -2.53. The van der Waals surface area contributed by atoms with Gasteiger partial charge in [-0.05, 0) is 25.3 Å². The van der Waals surface area contributed by atoms with E-state index in [2.05, 4.69) is 4.90 Å². The van der Waals surface area contributed by atoms with E-state index in [0.29, 0.717) is 29.0 Å². The zero-order valence-corrected chi connectivity index (χ0v) is 14.1. The number of hydrogen-bond donors (Lipinski definition) is 1. The summed E-state index contributed by atoms with van der Waals surface area (Å²) in [5.41, 5.74) is 0.518. The van der Waals surface area contributed by atoms with Gasteiger partial charge in [0.15, 0.2) is 0 Å². The van der Waals surface area contributed by atoms with Gasteiger partial charge in [0.2, 0.25) is 0 Å². The number of carbonyl (C=O) groups excluding carboxylic acids is 1. The molecule has 1 saturated carbocycles. The summed E-state index contributed by atoms with van der Waals surface area (Å²) in [5, 5.41) is 10.8. The Balaban J connectivity index is 1.63. The number of carbonyl (C=O) groups is 1. The fraction of sp³-hybridized carbons (Fsp3) is 0.667. The molecule has 0 bridgehead atoms. The molecule has 2 atom stereocenters. The highest BCUT2D eigenvalue weighted by atomic mass is 35.5. The molecule has 3 rings (SSSR count). The molecule has 1 aromatic rings. The molecule has 1 N–H and O–H groups in total. The minimum Gasteiger partial charge on any atom is -0.391 e. The van der Waals surface area contributed by atoms with Crippen LogP contribution in [-0.2, 0) is 7.05 Å². The Morgan fingerprint density at radius 3 is 2.41 bits per heavy atom. The number of hydrogen-bond acceptors (Lipinski definition) is 3. The van der Waals surface area contributed by atoms with Crippen molar-refractivity contribution in [2.75, 3.05) is 26.2 Å². The summed E-state index contributed by atoms with van der Waals surface area (Å²) < 4.78 is 1.62. The molecule has 2 heterocycles. The van der Waals surface area contributed by atoms with Crippen molar-refractivity contribution in [2.24, 2.45) is 7.05 Å². The van der Waals surface area contributed by atoms with E-state index in [1.165, 1.54) is 0 Å². The predicted molar refractivity (Wildman–Crippen MR) is 86.6 cm³/mol. The van der Waals surface area contributed by atoms with Crippen LogP contribution >= 0.6 is 23.2 Å². The molecule has 1 aromatic heterocycles. The number of aromatic nitrogens is 1. The first-order valence-corrected chi connectivity index (χ1v) is 8.46. The lowest BCUT2D eigenvalue weighted by molar-refractivity contribution is 0.0311. The fourth-order valence-electron chi connectivity index (χ4n) is 3.51. The Hall–Kier alpha value is -0.750. The van der Waals surface area contributed by atoms with Crippen LogP contribution in [0.4, 0.5) is 0 Å². The Kier molecular flexibility index (Phi) is 4.69. The van der Waals surface area contributed by atoms with Gasteiger partial charge in [0.1, 0.15) is 10.8 Å². The quantitative estimate of drug-likeness (QED) is 0.891. The van der Waals surface area contributed by atoms with Crippen LogP contribution < -0.4 is 0 Å². The highest BCUT2D eigenvalue weighted by Crippen LogP contribution is 2.27. The van der Waals surface area contributed by atoms with Gasteiger partial charge in [-0.15, -0.1) is 0 Å². The SMILES string of the molecule is Cn1c(C(=O)N2CCN([C@@H]3CCC[C@H]3O)CC2)cc(Cl)c1Cl. The number of aliphatic hydroxyl groups excluding tert-OH is 1. The van der Waals surface area contributed by atoms with E-state index in [9.17, 15) is 9.90 Å². The van der Waals surface area contributed by atoms with E-state index >= 15 is 0 Å². The molecule has 5 nitrogen and oxygen atoms in total. The van der Waals surface area contributed by atoms with Crippen molar-refractivity contribution in [1.82, 2.24) is 14.4 Å². The average Bonchev–Trinajstić information content (AvgIpc) is 3.06. The third kappa shape index (κ3) is 2.87. The second-order valence-electron chi connectivity index (χ2n) is 6.12. The summed E-state index contributed by atoms with van der Waals surface area (Å²) in [6.45, 7) is 2.95. The maximum Gasteiger partial charge on any atom is 0.270 e. The van der Waals surface area contributed by atoms with Gasteiger partial charge in [0.25, 0.3) is 5.91 Å². The van der Waals surface area contributed by atoms with Gasteiger partial charge in [-0.3, -0.25) is 9.69 Å². The van der Waals surface area contributed by atoms with Crippen molar-refractivity contribution in [3.05, 3.63) is 21.9 Å². The van der Waals surface area contributed by atoms with Crippen LogP contribution in [0.5, 0.6) is 0 Å². The third-order valence-electron chi connectivity index (χ3n) is 4.85. The molecule has 7 heteroatoms. The molecular weight excluding hydrogens is 325 g/mol. The Morgan fingerprint density at radius 2 is 1.91 bits per heavy atom. The molecule has 122 valence electrons. The number of piperazine rings is 1. The third-order valence-corrected chi connectivity index (χ3v) is 5.69. The molecule has 0 unspecified atom stereocenters. The van der Waals surface area contributed by atoms with Gasteiger partial charge in [0.05, 0.1) is 11.1 Å². The standard InChI is InChI=1S/C15H21Cl2N3O2/c1-18-12(9-10(16)14(18)17)15(22)20-7-5-19(6-8-20)11-3-2-4-13(11)21/h9,11,13,21H,2-8H2,1H3/t11-,13-/m1/s1. The monoisotopic (exact) mass is 345 g/mol. The van der Waals surface area contributed by atoms with Crippen LogP contribution in [0, 0.1) is 0 Å². The summed E-state index contributed by atoms with van der Waals surface area (Å²) in [5.74, 6) is -0.0390. The van der Waals surface area contributed by atoms with Crippen molar-refractivity contribution < 1.29 is 9.90 Å². The number of halogens is 2. The maximum absolute atomic E-state index is 12.6. The summed E-state index contributed by atoms with van der Waals surface area (Å²) >= 11 is 12.0. The van der Waals surface area contributed by atoms with Gasteiger partial charge in [-0.1, -0.05) is 23.2 Å². The molecule has 1 aliphatic heterocycles. The summed E-state index contributed by atoms with van der Waals surface area (Å²) in [6.07, 6.45) is 2.82. The number of amides is 1. The molecule has 2 fully saturated rings. The normalized spacial score (nSPS) is 26.6. The fourth-order valence-corrected chi connectivity index (χ4v) is 3.89. The zero-order valence-electron chi connectivity index (χ0n) is 12.6. The molecule has 0 aromatic carbocycles. The van der Waals surface area contributed by atoms with E-state index < -0.39 is 0 Å². The first-order valence-electron chi connectivity index (χ1n) is 7.71. The van der Waals surface area contributed by atoms with Crippen molar-refractivity contribution in [2.45, 2.75) is 31.4 Å². The number of aliphatic hydroxyl groups is 1. The van der Waals surface area contributed by atoms with E-state index in [1.807, 2.05) is 4.90 Å². The van der Waals surface area contributed by atoms with Crippen molar-refractivity contribution in [3.8, 4) is 0 Å². The largest absolute Gasteiger partial charge is 0.391 e. The lowest BCUT2D eigenvalue weighted by Gasteiger charge is -2.39. The molecule has 0 spiro atoms. The average molecular weight is 346 g/mol. The summed E-state index contributed by atoms with van der Waals surface area (Å²) in [6, 6.07) is 1.88. The zero-order chi connectivity index (χ0) is 15.9. The Bertz CT molecular complexity index is 567. The van der Waals surface area contributed by atoms with Gasteiger partial charge >= 0.3 is 0 Å². The first-order chi connectivity index (χ1) is 10.5. The van der Waals surface area contributed by atoms with E-state index in [0.717, 1.165) is 32.4 Å². The highest BCUT2D eigenvalue weighted by Gasteiger charge is 2.34. The van der Waals surface area contributed by atoms with Gasteiger partial charge in [0, 0.05) is 39.3 Å². The Labute approximate surface area is 140 Å². The summed E-state index contributed by atoms with van der Waals surface area (Å²) in [4.78, 5) is 16.7. The first kappa shape index (κ1) is 16.1. The van der Waals surface area contributed by atoms with E-state index in [1.54, 1.807) is 17.7 Å². The topological polar surface area (TPSA) is 48.7 Å². The molecular formula is C15H21Cl2N3O2. The van der Waals surface area contributed by atoms with Gasteiger partial charge < -0.3 is 14.6 Å². The maximum atomic E-state index is 12.6. The van der Waals surface area contributed by atoms with Crippen LogP contribution in [0.15, 0.2) is 6.07 Å². The van der Waals surface area contributed by atoms with Crippen LogP contribution in [-0.4, -0.2) is 63.7 Å². The second kappa shape index (κ2) is 6.40. The van der Waals surface area contributed by atoms with Crippen molar-refractivity contribution in [3.63, 3.8) is 0 Å². The van der Waals surface area contributed by atoms with Crippen LogP contribution in [0.25, 0.3) is 0 Å². The van der Waals surface area contributed by atoms with Crippen molar-refractivity contribution in [1.29, 1.82) is 0 Å². The highest BCUT2D eigenvalue weighted by molar-refractivity contribution is 6.41. The molecule has 22 heavy (non-hydrogen) atoms. The van der Waals surface area contributed by atoms with Crippen molar-refractivity contribution >= 4 is 29.1 Å². The van der Waals surface area contributed by atoms with E-state index in [-0.39, 0.29) is 18.1 Å². The van der Waals surface area contributed by atoms with Crippen LogP contribution in [0.2, 0.25) is 10.2 Å². The Morgan fingerprint density at radius 1 is 1.23 bits per heavy atom. The van der Waals surface area contributed by atoms with Gasteiger partial charge in [-0.25, -0.2) is 0 Å². The molecule has 1 aliphatic carbocycles. The number of rotatable bonds is 2. The minimum atomic E-state index is -0.215. The second-order valence-corrected chi connectivity index (χ2v) is 6.89. The molecule has 2 aliphatic rings. The van der Waals surface area contributed by atoms with Crippen LogP contribution in [0.1, 0.15) is 29.8 Å². The van der Waals surface area contributed by atoms with E-state index in [4.69, 9.17) is 23.2 Å². The molecule has 0 radical (unpaired) electrons. The molecule has 1 amide bonds. The van der Waals surface area contributed by atoms with Crippen LogP contribution in [0.3, 0.4) is 0 Å². The number of nitrogens with zero attached hydrogens (tertiary/aromatic N) is 3. The summed E-state index contributed by atoms with van der Waals surface area (Å²) in [7, 11) is 1.74. The molecule has 1 saturated heterocycles. The van der Waals surface area contributed by atoms with Gasteiger partial charge in [-0.2, -0.15) is 0 Å². The predicted octanol–water partition coefficient (Wildman–Crippen LogP) is 2.00. The lowest BCUT2D eigenvalue weighted by atomic mass is 10.1.